The molecule has 1 aliphatic rings. The summed E-state index contributed by atoms with van der Waals surface area (Å²) in [6.07, 6.45) is 1.82. The number of benzene rings is 2. The molecule has 0 bridgehead atoms. The van der Waals surface area contributed by atoms with Gasteiger partial charge in [0.2, 0.25) is 0 Å². The maximum Gasteiger partial charge on any atom is 0.272 e. The van der Waals surface area contributed by atoms with E-state index >= 15 is 0 Å². The predicted octanol–water partition coefficient (Wildman–Crippen LogP) is 5.26. The minimum atomic E-state index is -0.181. The summed E-state index contributed by atoms with van der Waals surface area (Å²) in [5, 5.41) is 4.04. The molecule has 0 spiro atoms. The van der Waals surface area contributed by atoms with E-state index in [0.29, 0.717) is 22.9 Å². The van der Waals surface area contributed by atoms with E-state index in [1.807, 2.05) is 66.3 Å². The Bertz CT molecular complexity index is 1370. The van der Waals surface area contributed by atoms with Gasteiger partial charge in [-0.3, -0.25) is 4.79 Å². The van der Waals surface area contributed by atoms with Gasteiger partial charge in [-0.05, 0) is 52.4 Å². The number of aromatic nitrogens is 2. The number of carbonyl (C=O) groups excluding carboxylic acids is 1. The zero-order valence-electron chi connectivity index (χ0n) is 17.6. The number of thioether (sulfide) groups is 1. The van der Waals surface area contributed by atoms with Gasteiger partial charge in [-0.2, -0.15) is 0 Å². The number of halogens is 1. The van der Waals surface area contributed by atoms with Crippen molar-refractivity contribution >= 4 is 62.7 Å². The lowest BCUT2D eigenvalue weighted by Crippen LogP contribution is -2.16. The van der Waals surface area contributed by atoms with Crippen molar-refractivity contribution in [2.45, 2.75) is 10.8 Å². The van der Waals surface area contributed by atoms with Crippen LogP contribution in [-0.2, 0) is 7.05 Å². The second-order valence-electron chi connectivity index (χ2n) is 7.66. The molecule has 0 radical (unpaired) electrons. The Hall–Kier alpha value is -2.72. The highest BCUT2D eigenvalue weighted by atomic mass is 127. The fraction of sp³-hybridized carbons (Fsp3) is 0.167. The quantitative estimate of drug-likeness (QED) is 0.336. The number of pyridine rings is 1. The number of nitrogens with one attached hydrogen (secondary N) is 1. The highest BCUT2D eigenvalue weighted by molar-refractivity contribution is 14.1. The van der Waals surface area contributed by atoms with Gasteiger partial charge in [0.15, 0.2) is 0 Å². The van der Waals surface area contributed by atoms with Crippen LogP contribution in [-0.4, -0.2) is 28.3 Å². The zero-order chi connectivity index (χ0) is 22.4. The molecular weight excluding hydrogens is 535 g/mol. The molecule has 0 aliphatic carbocycles. The summed E-state index contributed by atoms with van der Waals surface area (Å²) in [4.78, 5) is 18.6. The number of hydrogen-bond acceptors (Lipinski definition) is 5. The molecule has 1 atom stereocenters. The molecule has 3 N–H and O–H groups in total. The largest absolute Gasteiger partial charge is 0.495 e. The minimum Gasteiger partial charge on any atom is -0.495 e. The number of anilines is 2. The number of carbonyl (C=O) groups is 1. The third kappa shape index (κ3) is 3.51. The van der Waals surface area contributed by atoms with Crippen LogP contribution in [0.2, 0.25) is 0 Å². The summed E-state index contributed by atoms with van der Waals surface area (Å²) in [7, 11) is 3.51. The Morgan fingerprint density at radius 3 is 2.88 bits per heavy atom. The number of ether oxygens (including phenoxy) is 1. The van der Waals surface area contributed by atoms with E-state index in [9.17, 15) is 4.79 Å². The van der Waals surface area contributed by atoms with Crippen LogP contribution in [0, 0.1) is 3.57 Å². The van der Waals surface area contributed by atoms with Crippen LogP contribution in [0.15, 0.2) is 59.6 Å². The van der Waals surface area contributed by atoms with Crippen LogP contribution >= 0.6 is 34.4 Å². The molecule has 2 aromatic carbocycles. The summed E-state index contributed by atoms with van der Waals surface area (Å²) in [5.74, 6) is 2.03. The number of nitrogens with zero attached hydrogens (tertiary/aromatic N) is 2. The number of rotatable bonds is 4. The molecule has 1 unspecified atom stereocenters. The molecule has 4 aromatic rings. The van der Waals surface area contributed by atoms with Crippen LogP contribution in [0.4, 0.5) is 11.5 Å². The van der Waals surface area contributed by atoms with E-state index in [1.54, 1.807) is 18.9 Å². The van der Waals surface area contributed by atoms with E-state index in [4.69, 9.17) is 10.5 Å². The van der Waals surface area contributed by atoms with Gasteiger partial charge in [0.05, 0.1) is 12.8 Å². The highest BCUT2D eigenvalue weighted by Crippen LogP contribution is 2.48. The number of amides is 1. The molecule has 0 saturated heterocycles. The topological polar surface area (TPSA) is 82.2 Å². The molecule has 6 nitrogen and oxygen atoms in total. The van der Waals surface area contributed by atoms with Crippen LogP contribution in [0.1, 0.15) is 27.5 Å². The van der Waals surface area contributed by atoms with Crippen LogP contribution in [0.5, 0.6) is 5.75 Å². The molecule has 5 rings (SSSR count). The highest BCUT2D eigenvalue weighted by Gasteiger charge is 2.30. The average Bonchev–Trinajstić information content (AvgIpc) is 3.40. The van der Waals surface area contributed by atoms with Crippen LogP contribution in [0.25, 0.3) is 10.9 Å². The normalized spacial score (nSPS) is 15.0. The third-order valence-corrected chi connectivity index (χ3v) is 8.27. The second kappa shape index (κ2) is 8.32. The van der Waals surface area contributed by atoms with Crippen molar-refractivity contribution in [3.63, 3.8) is 0 Å². The molecule has 0 fully saturated rings. The monoisotopic (exact) mass is 556 g/mol. The van der Waals surface area contributed by atoms with Crippen molar-refractivity contribution in [3.05, 3.63) is 75.1 Å². The summed E-state index contributed by atoms with van der Waals surface area (Å²) < 4.78 is 8.65. The Kier molecular flexibility index (Phi) is 5.50. The summed E-state index contributed by atoms with van der Waals surface area (Å²) in [6, 6.07) is 15.7. The van der Waals surface area contributed by atoms with Crippen LogP contribution < -0.4 is 15.8 Å². The first-order valence-electron chi connectivity index (χ1n) is 10.1. The van der Waals surface area contributed by atoms with E-state index in [2.05, 4.69) is 32.9 Å². The van der Waals surface area contributed by atoms with Gasteiger partial charge in [-0.1, -0.05) is 24.3 Å². The van der Waals surface area contributed by atoms with Crippen molar-refractivity contribution in [2.24, 2.45) is 7.05 Å². The fourth-order valence-electron chi connectivity index (χ4n) is 4.22. The summed E-state index contributed by atoms with van der Waals surface area (Å²) in [5.41, 5.74) is 10.6. The van der Waals surface area contributed by atoms with Gasteiger partial charge >= 0.3 is 0 Å². The van der Waals surface area contributed by atoms with Gasteiger partial charge < -0.3 is 20.4 Å². The van der Waals surface area contributed by atoms with E-state index in [1.165, 1.54) is 4.90 Å². The Morgan fingerprint density at radius 2 is 2.09 bits per heavy atom. The first kappa shape index (κ1) is 21.1. The molecule has 1 aliphatic heterocycles. The number of hydrogen-bond donors (Lipinski definition) is 2. The maximum atomic E-state index is 13.0. The lowest BCUT2D eigenvalue weighted by molar-refractivity contribution is 0.101. The van der Waals surface area contributed by atoms with Crippen LogP contribution in [0.3, 0.4) is 0 Å². The van der Waals surface area contributed by atoms with Crippen molar-refractivity contribution in [2.75, 3.05) is 23.9 Å². The average molecular weight is 556 g/mol. The summed E-state index contributed by atoms with van der Waals surface area (Å²) in [6.45, 7) is 0. The second-order valence-corrected chi connectivity index (χ2v) is 9.85. The van der Waals surface area contributed by atoms with Gasteiger partial charge in [-0.25, -0.2) is 4.98 Å². The number of nitrogen functional groups attached to an aromatic ring is 1. The fourth-order valence-corrected chi connectivity index (χ4v) is 6.40. The number of aryl methyl sites for hydroxylation is 1. The Balaban J connectivity index is 1.46. The van der Waals surface area contributed by atoms with Crippen molar-refractivity contribution in [1.29, 1.82) is 0 Å². The van der Waals surface area contributed by atoms with Crippen molar-refractivity contribution < 1.29 is 9.53 Å². The molecular formula is C24H21IN4O2S. The Labute approximate surface area is 203 Å². The number of nitrogens with two attached hydrogens (primary N) is 1. The first-order valence-corrected chi connectivity index (χ1v) is 12.1. The molecule has 1 amide bonds. The number of para-hydroxylation sites is 1. The van der Waals surface area contributed by atoms with E-state index in [0.717, 1.165) is 31.4 Å². The maximum absolute atomic E-state index is 13.0. The molecule has 162 valence electrons. The van der Waals surface area contributed by atoms with E-state index < -0.39 is 0 Å². The lowest BCUT2D eigenvalue weighted by atomic mass is 9.93. The Morgan fingerprint density at radius 1 is 1.28 bits per heavy atom. The molecule has 32 heavy (non-hydrogen) atoms. The van der Waals surface area contributed by atoms with E-state index in [-0.39, 0.29) is 11.8 Å². The zero-order valence-corrected chi connectivity index (χ0v) is 20.5. The molecule has 3 heterocycles. The standard InChI is InChI=1S/C24H21IN4O2S/c1-29-18-6-4-3-5-14(18)9-19(29)24(30)28-17-8-7-13(10-20(17)31-2)15-12-32-22-16(25)11-27-23(26)21(15)22/h3-11,15H,12H2,1-2H3,(H2,26,27)(H,28,30). The van der Waals surface area contributed by atoms with Gasteiger partial charge in [-0.15, -0.1) is 11.8 Å². The third-order valence-electron chi connectivity index (χ3n) is 5.86. The number of methoxy groups -OCH3 is 1. The van der Waals surface area contributed by atoms with Gasteiger partial charge in [0.1, 0.15) is 17.3 Å². The first-order chi connectivity index (χ1) is 15.5. The van der Waals surface area contributed by atoms with Crippen molar-refractivity contribution in [3.8, 4) is 5.75 Å². The van der Waals surface area contributed by atoms with Gasteiger partial charge in [0, 0.05) is 49.8 Å². The predicted molar refractivity (Wildman–Crippen MR) is 138 cm³/mol. The van der Waals surface area contributed by atoms with Crippen molar-refractivity contribution in [1.82, 2.24) is 9.55 Å². The smallest absolute Gasteiger partial charge is 0.272 e. The minimum absolute atomic E-state index is 0.133. The molecule has 0 saturated carbocycles. The number of fused-ring (bicyclic) bond motifs is 2. The molecule has 2 aromatic heterocycles. The van der Waals surface area contributed by atoms with Gasteiger partial charge in [0.25, 0.3) is 5.91 Å². The lowest BCUT2D eigenvalue weighted by Gasteiger charge is -2.17. The summed E-state index contributed by atoms with van der Waals surface area (Å²) >= 11 is 4.10. The molecule has 8 heteroatoms. The SMILES string of the molecule is COc1cc(C2CSc3c(I)cnc(N)c32)ccc1NC(=O)c1cc2ccccc2n1C.